The molecule has 0 saturated heterocycles. The zero-order valence-electron chi connectivity index (χ0n) is 18.7. The Labute approximate surface area is 194 Å². The minimum atomic E-state index is -0.727. The number of nitrogens with zero attached hydrogens (tertiary/aromatic N) is 2. The van der Waals surface area contributed by atoms with E-state index in [1.165, 1.54) is 0 Å². The van der Waals surface area contributed by atoms with E-state index in [4.69, 9.17) is 4.99 Å². The van der Waals surface area contributed by atoms with Gasteiger partial charge in [-0.1, -0.05) is 60.7 Å². The van der Waals surface area contributed by atoms with Crippen LogP contribution in [-0.4, -0.2) is 22.1 Å². The Kier molecular flexibility index (Phi) is 6.36. The molecule has 0 amide bonds. The maximum atomic E-state index is 11.2. The van der Waals surface area contributed by atoms with Crippen LogP contribution >= 0.6 is 0 Å². The fraction of sp³-hybridized carbons (Fsp3) is 0.103. The van der Waals surface area contributed by atoms with Gasteiger partial charge in [0.1, 0.15) is 11.5 Å². The zero-order valence-corrected chi connectivity index (χ0v) is 18.7. The first kappa shape index (κ1) is 22.0. The molecular weight excluding hydrogens is 408 g/mol. The Morgan fingerprint density at radius 2 is 1.30 bits per heavy atom. The highest BCUT2D eigenvalue weighted by molar-refractivity contribution is 6.11. The summed E-state index contributed by atoms with van der Waals surface area (Å²) >= 11 is 0. The van der Waals surface area contributed by atoms with E-state index >= 15 is 0 Å². The van der Waals surface area contributed by atoms with Gasteiger partial charge in [0.2, 0.25) is 0 Å². The monoisotopic (exact) mass is 434 g/mol. The molecular formula is C29H26N2O2. The summed E-state index contributed by atoms with van der Waals surface area (Å²) in [7, 11) is 0. The fourth-order valence-corrected chi connectivity index (χ4v) is 3.80. The van der Waals surface area contributed by atoms with Crippen LogP contribution in [0, 0.1) is 0 Å². The second-order valence-corrected chi connectivity index (χ2v) is 8.28. The minimum Gasteiger partial charge on any atom is -0.507 e. The van der Waals surface area contributed by atoms with Crippen LogP contribution in [0.25, 0.3) is 0 Å². The molecule has 4 heteroatoms. The average Bonchev–Trinajstić information content (AvgIpc) is 2.83. The van der Waals surface area contributed by atoms with Crippen molar-refractivity contribution >= 4 is 23.3 Å². The highest BCUT2D eigenvalue weighted by Gasteiger charge is 2.33. The Morgan fingerprint density at radius 3 is 1.97 bits per heavy atom. The Bertz CT molecular complexity index is 1290. The van der Waals surface area contributed by atoms with Gasteiger partial charge in [0.15, 0.2) is 0 Å². The van der Waals surface area contributed by atoms with Gasteiger partial charge in [-0.05, 0) is 56.3 Å². The largest absolute Gasteiger partial charge is 0.507 e. The van der Waals surface area contributed by atoms with Gasteiger partial charge in [-0.2, -0.15) is 0 Å². The first-order valence-electron chi connectivity index (χ1n) is 10.8. The molecule has 0 bridgehead atoms. The van der Waals surface area contributed by atoms with Gasteiger partial charge in [-0.3, -0.25) is 9.98 Å². The lowest BCUT2D eigenvalue weighted by Crippen LogP contribution is -2.30. The van der Waals surface area contributed by atoms with E-state index in [9.17, 15) is 10.2 Å². The molecule has 0 aliphatic carbocycles. The van der Waals surface area contributed by atoms with Crippen molar-refractivity contribution in [3.63, 3.8) is 0 Å². The maximum Gasteiger partial charge on any atom is 0.128 e. The third-order valence-corrected chi connectivity index (χ3v) is 5.60. The summed E-state index contributed by atoms with van der Waals surface area (Å²) in [5.74, 6) is 0.278. The molecule has 0 aromatic heterocycles. The Morgan fingerprint density at radius 1 is 0.697 bits per heavy atom. The Hall–Kier alpha value is -4.18. The van der Waals surface area contributed by atoms with Crippen molar-refractivity contribution in [3.05, 3.63) is 120 Å². The number of aliphatic imine (C=N–C) groups is 2. The lowest BCUT2D eigenvalue weighted by molar-refractivity contribution is 0.456. The van der Waals surface area contributed by atoms with E-state index in [1.807, 2.05) is 105 Å². The molecule has 0 radical (unpaired) electrons. The van der Waals surface area contributed by atoms with Gasteiger partial charge in [0.05, 0.1) is 17.1 Å². The molecule has 164 valence electrons. The van der Waals surface area contributed by atoms with Crippen LogP contribution in [0.2, 0.25) is 0 Å². The zero-order chi connectivity index (χ0) is 23.3. The number of benzene rings is 4. The molecule has 4 aromatic rings. The lowest BCUT2D eigenvalue weighted by atomic mass is 9.76. The van der Waals surface area contributed by atoms with Crippen LogP contribution in [0.15, 0.2) is 113 Å². The highest BCUT2D eigenvalue weighted by atomic mass is 16.3. The number of phenolic OH excluding ortho intramolecular Hbond substituents is 2. The number of rotatable bonds is 6. The summed E-state index contributed by atoms with van der Waals surface area (Å²) in [4.78, 5) is 9.40. The molecule has 0 saturated carbocycles. The smallest absolute Gasteiger partial charge is 0.128 e. The number of phenols is 2. The molecule has 0 spiro atoms. The lowest BCUT2D eigenvalue weighted by Gasteiger charge is -2.29. The number of aromatic hydroxyl groups is 2. The van der Waals surface area contributed by atoms with Crippen LogP contribution in [0.1, 0.15) is 30.5 Å². The average molecular weight is 435 g/mol. The first-order valence-corrected chi connectivity index (χ1v) is 10.8. The highest BCUT2D eigenvalue weighted by Crippen LogP contribution is 2.38. The predicted octanol–water partition coefficient (Wildman–Crippen LogP) is 6.95. The summed E-state index contributed by atoms with van der Waals surface area (Å²) < 4.78 is 0. The van der Waals surface area contributed by atoms with Crippen molar-refractivity contribution in [3.8, 4) is 11.5 Å². The van der Waals surface area contributed by atoms with Crippen LogP contribution in [-0.2, 0) is 5.41 Å². The van der Waals surface area contributed by atoms with Crippen molar-refractivity contribution in [2.24, 2.45) is 9.98 Å². The number of hydrogen-bond donors (Lipinski definition) is 2. The molecule has 33 heavy (non-hydrogen) atoms. The van der Waals surface area contributed by atoms with Crippen LogP contribution in [0.5, 0.6) is 11.5 Å². The quantitative estimate of drug-likeness (QED) is 0.323. The molecule has 0 fully saturated rings. The van der Waals surface area contributed by atoms with Crippen LogP contribution < -0.4 is 0 Å². The van der Waals surface area contributed by atoms with Crippen LogP contribution in [0.4, 0.5) is 11.4 Å². The third kappa shape index (κ3) is 4.85. The fourth-order valence-electron chi connectivity index (χ4n) is 3.80. The molecule has 4 nitrogen and oxygen atoms in total. The third-order valence-electron chi connectivity index (χ3n) is 5.60. The summed E-state index contributed by atoms with van der Waals surface area (Å²) in [6, 6.07) is 32.0. The van der Waals surface area contributed by atoms with Gasteiger partial charge in [-0.25, -0.2) is 0 Å². The van der Waals surface area contributed by atoms with Gasteiger partial charge in [-0.15, -0.1) is 0 Å². The van der Waals surface area contributed by atoms with Crippen molar-refractivity contribution in [2.75, 3.05) is 0 Å². The summed E-state index contributed by atoms with van der Waals surface area (Å²) in [5.41, 5.74) is 3.42. The van der Waals surface area contributed by atoms with Gasteiger partial charge >= 0.3 is 0 Å². The Balaban J connectivity index is 1.83. The van der Waals surface area contributed by atoms with Gasteiger partial charge in [0, 0.05) is 28.3 Å². The number of para-hydroxylation sites is 4. The molecule has 0 aliphatic rings. The first-order chi connectivity index (χ1) is 16.0. The van der Waals surface area contributed by atoms with E-state index in [1.54, 1.807) is 18.3 Å². The van der Waals surface area contributed by atoms with E-state index in [0.717, 1.165) is 11.4 Å². The van der Waals surface area contributed by atoms with E-state index < -0.39 is 5.41 Å². The summed E-state index contributed by atoms with van der Waals surface area (Å²) in [6.07, 6.45) is 1.66. The van der Waals surface area contributed by atoms with Gasteiger partial charge in [0.25, 0.3) is 0 Å². The normalized spacial score (nSPS) is 12.2. The molecule has 0 heterocycles. The van der Waals surface area contributed by atoms with Crippen molar-refractivity contribution < 1.29 is 10.2 Å². The summed E-state index contributed by atoms with van der Waals surface area (Å²) in [6.45, 7) is 3.99. The van der Waals surface area contributed by atoms with E-state index in [-0.39, 0.29) is 11.5 Å². The molecule has 0 aliphatic heterocycles. The SMILES string of the molecule is CC(C)(C(=Nc1ccccc1)c1ccccc1O)c1cccc(C=Nc2ccccc2)c1O. The minimum absolute atomic E-state index is 0.137. The van der Waals surface area contributed by atoms with Crippen molar-refractivity contribution in [1.82, 2.24) is 0 Å². The maximum absolute atomic E-state index is 11.2. The van der Waals surface area contributed by atoms with Gasteiger partial charge < -0.3 is 10.2 Å². The molecule has 4 aromatic carbocycles. The second-order valence-electron chi connectivity index (χ2n) is 8.28. The molecule has 0 unspecified atom stereocenters. The van der Waals surface area contributed by atoms with E-state index in [2.05, 4.69) is 4.99 Å². The second kappa shape index (κ2) is 9.53. The van der Waals surface area contributed by atoms with Crippen LogP contribution in [0.3, 0.4) is 0 Å². The summed E-state index contributed by atoms with van der Waals surface area (Å²) in [5, 5.41) is 21.9. The topological polar surface area (TPSA) is 65.2 Å². The van der Waals surface area contributed by atoms with Crippen molar-refractivity contribution in [1.29, 1.82) is 0 Å². The van der Waals surface area contributed by atoms with E-state index in [0.29, 0.717) is 22.4 Å². The molecule has 4 rings (SSSR count). The molecule has 2 N–H and O–H groups in total. The van der Waals surface area contributed by atoms with Crippen molar-refractivity contribution in [2.45, 2.75) is 19.3 Å². The number of hydrogen-bond acceptors (Lipinski definition) is 4. The molecule has 0 atom stereocenters. The standard InChI is InChI=1S/C29H26N2O2/c1-29(2,25-18-11-12-21(27(25)33)20-30-22-13-5-3-6-14-22)28(24-17-9-10-19-26(24)32)31-23-15-7-4-8-16-23/h3-20,32-33H,1-2H3. The predicted molar refractivity (Wildman–Crippen MR) is 136 cm³/mol.